The highest BCUT2D eigenvalue weighted by molar-refractivity contribution is 9.10. The van der Waals surface area contributed by atoms with Gasteiger partial charge in [0.2, 0.25) is 0 Å². The summed E-state index contributed by atoms with van der Waals surface area (Å²) in [4.78, 5) is 23.4. The molecule has 5 heteroatoms. The highest BCUT2D eigenvalue weighted by Gasteiger charge is 2.31. The van der Waals surface area contributed by atoms with Gasteiger partial charge in [-0.05, 0) is 43.5 Å². The maximum absolute atomic E-state index is 12.2. The minimum absolute atomic E-state index is 0.196. The van der Waals surface area contributed by atoms with Crippen LogP contribution < -0.4 is 5.32 Å². The van der Waals surface area contributed by atoms with Crippen LogP contribution in [-0.2, 0) is 4.79 Å². The molecular weight excluding hydrogens is 322 g/mol. The molecule has 2 unspecified atom stereocenters. The zero-order valence-corrected chi connectivity index (χ0v) is 12.9. The maximum atomic E-state index is 12.2. The number of halogens is 1. The Hall–Kier alpha value is -1.36. The molecule has 0 spiro atoms. The summed E-state index contributed by atoms with van der Waals surface area (Å²) in [5.74, 6) is -1.48. The minimum atomic E-state index is -0.818. The molecule has 1 amide bonds. The van der Waals surface area contributed by atoms with E-state index in [-0.39, 0.29) is 11.9 Å². The molecule has 4 nitrogen and oxygen atoms in total. The van der Waals surface area contributed by atoms with Gasteiger partial charge < -0.3 is 10.4 Å². The predicted octanol–water partition coefficient (Wildman–Crippen LogP) is 3.13. The van der Waals surface area contributed by atoms with Gasteiger partial charge in [0.1, 0.15) is 0 Å². The van der Waals surface area contributed by atoms with Gasteiger partial charge in [0.15, 0.2) is 0 Å². The molecular formula is C15H18BrNO3. The van der Waals surface area contributed by atoms with E-state index in [9.17, 15) is 14.7 Å². The lowest BCUT2D eigenvalue weighted by atomic mass is 9.84. The summed E-state index contributed by atoms with van der Waals surface area (Å²) in [6.07, 6.45) is 3.26. The number of carbonyl (C=O) groups is 2. The fraction of sp³-hybridized carbons (Fsp3) is 0.467. The molecule has 1 aromatic carbocycles. The van der Waals surface area contributed by atoms with Crippen LogP contribution in [0.25, 0.3) is 0 Å². The molecule has 2 atom stereocenters. The summed E-state index contributed by atoms with van der Waals surface area (Å²) in [5.41, 5.74) is 1.55. The molecule has 1 aromatic rings. The molecule has 1 saturated carbocycles. The number of carboxylic acids is 1. The van der Waals surface area contributed by atoms with Crippen LogP contribution in [0.5, 0.6) is 0 Å². The first-order chi connectivity index (χ1) is 9.49. The van der Waals surface area contributed by atoms with Crippen LogP contribution in [0.4, 0.5) is 0 Å². The number of hydrogen-bond donors (Lipinski definition) is 2. The smallest absolute Gasteiger partial charge is 0.308 e. The molecule has 1 aliphatic carbocycles. The third-order valence-electron chi connectivity index (χ3n) is 3.82. The van der Waals surface area contributed by atoms with E-state index < -0.39 is 11.9 Å². The van der Waals surface area contributed by atoms with Crippen molar-refractivity contribution in [2.45, 2.75) is 38.6 Å². The number of aryl methyl sites for hydroxylation is 1. The Morgan fingerprint density at radius 1 is 1.30 bits per heavy atom. The Morgan fingerprint density at radius 2 is 2.00 bits per heavy atom. The summed E-state index contributed by atoms with van der Waals surface area (Å²) in [7, 11) is 0. The first-order valence-corrected chi connectivity index (χ1v) is 7.58. The summed E-state index contributed by atoms with van der Waals surface area (Å²) in [6, 6.07) is 5.11. The lowest BCUT2D eigenvalue weighted by Gasteiger charge is -2.29. The van der Waals surface area contributed by atoms with E-state index in [2.05, 4.69) is 21.2 Å². The molecule has 0 saturated heterocycles. The predicted molar refractivity (Wildman–Crippen MR) is 79.7 cm³/mol. The highest BCUT2D eigenvalue weighted by atomic mass is 79.9. The van der Waals surface area contributed by atoms with Crippen LogP contribution in [0.3, 0.4) is 0 Å². The Bertz CT molecular complexity index is 530. The molecule has 0 heterocycles. The van der Waals surface area contributed by atoms with Gasteiger partial charge in [-0.25, -0.2) is 0 Å². The number of nitrogens with one attached hydrogen (secondary N) is 1. The van der Waals surface area contributed by atoms with Crippen molar-refractivity contribution in [2.24, 2.45) is 5.92 Å². The Morgan fingerprint density at radius 3 is 2.65 bits per heavy atom. The maximum Gasteiger partial charge on any atom is 0.308 e. The van der Waals surface area contributed by atoms with Gasteiger partial charge in [0.05, 0.1) is 5.92 Å². The van der Waals surface area contributed by atoms with Crippen LogP contribution >= 0.6 is 15.9 Å². The van der Waals surface area contributed by atoms with Crippen molar-refractivity contribution in [3.8, 4) is 0 Å². The Labute approximate surface area is 126 Å². The summed E-state index contributed by atoms with van der Waals surface area (Å²) < 4.78 is 0.954. The van der Waals surface area contributed by atoms with Crippen LogP contribution in [0.1, 0.15) is 41.6 Å². The fourth-order valence-corrected chi connectivity index (χ4v) is 2.88. The first kappa shape index (κ1) is 15.0. The van der Waals surface area contributed by atoms with E-state index in [1.165, 1.54) is 0 Å². The number of amides is 1. The van der Waals surface area contributed by atoms with E-state index in [0.29, 0.717) is 12.0 Å². The van der Waals surface area contributed by atoms with Crippen molar-refractivity contribution in [2.75, 3.05) is 0 Å². The number of rotatable bonds is 3. The molecule has 0 aromatic heterocycles. The van der Waals surface area contributed by atoms with Crippen LogP contribution in [0.2, 0.25) is 0 Å². The monoisotopic (exact) mass is 339 g/mol. The summed E-state index contributed by atoms with van der Waals surface area (Å²) in [6.45, 7) is 1.92. The first-order valence-electron chi connectivity index (χ1n) is 6.79. The van der Waals surface area contributed by atoms with Crippen molar-refractivity contribution in [1.29, 1.82) is 0 Å². The van der Waals surface area contributed by atoms with Crippen molar-refractivity contribution < 1.29 is 14.7 Å². The van der Waals surface area contributed by atoms with E-state index in [1.54, 1.807) is 12.1 Å². The molecule has 2 rings (SSSR count). The van der Waals surface area contributed by atoms with Crippen molar-refractivity contribution in [3.63, 3.8) is 0 Å². The third kappa shape index (κ3) is 3.39. The zero-order chi connectivity index (χ0) is 14.7. The average Bonchev–Trinajstić information content (AvgIpc) is 2.42. The number of aliphatic carboxylic acids is 1. The molecule has 1 aliphatic rings. The zero-order valence-electron chi connectivity index (χ0n) is 11.4. The van der Waals surface area contributed by atoms with Gasteiger partial charge in [-0.15, -0.1) is 0 Å². The van der Waals surface area contributed by atoms with Crippen molar-refractivity contribution in [1.82, 2.24) is 5.32 Å². The summed E-state index contributed by atoms with van der Waals surface area (Å²) in [5, 5.41) is 12.1. The number of benzene rings is 1. The topological polar surface area (TPSA) is 66.4 Å². The van der Waals surface area contributed by atoms with E-state index in [4.69, 9.17) is 0 Å². The molecule has 20 heavy (non-hydrogen) atoms. The lowest BCUT2D eigenvalue weighted by molar-refractivity contribution is -0.143. The molecule has 0 aliphatic heterocycles. The average molecular weight is 340 g/mol. The number of carboxylic acid groups (broad SMARTS) is 1. The minimum Gasteiger partial charge on any atom is -0.481 e. The molecule has 1 fully saturated rings. The molecule has 2 N–H and O–H groups in total. The number of carbonyl (C=O) groups excluding carboxylic acids is 1. The van der Waals surface area contributed by atoms with E-state index >= 15 is 0 Å². The van der Waals surface area contributed by atoms with Gasteiger partial charge in [0, 0.05) is 16.1 Å². The fourth-order valence-electron chi connectivity index (χ4n) is 2.64. The van der Waals surface area contributed by atoms with Gasteiger partial charge >= 0.3 is 5.97 Å². The SMILES string of the molecule is Cc1cc(C(=O)NC2CCCCC2C(=O)O)ccc1Br. The summed E-state index contributed by atoms with van der Waals surface area (Å²) >= 11 is 3.40. The van der Waals surface area contributed by atoms with Crippen LogP contribution in [0.15, 0.2) is 22.7 Å². The van der Waals surface area contributed by atoms with Crippen LogP contribution in [0, 0.1) is 12.8 Å². The Balaban J connectivity index is 2.09. The largest absolute Gasteiger partial charge is 0.481 e. The molecule has 0 radical (unpaired) electrons. The lowest BCUT2D eigenvalue weighted by Crippen LogP contribution is -2.45. The van der Waals surface area contributed by atoms with Gasteiger partial charge in [-0.1, -0.05) is 28.8 Å². The second-order valence-corrected chi connectivity index (χ2v) is 6.13. The normalized spacial score (nSPS) is 22.3. The third-order valence-corrected chi connectivity index (χ3v) is 4.71. The highest BCUT2D eigenvalue weighted by Crippen LogP contribution is 2.25. The molecule has 108 valence electrons. The molecule has 0 bridgehead atoms. The number of hydrogen-bond acceptors (Lipinski definition) is 2. The van der Waals surface area contributed by atoms with Crippen molar-refractivity contribution in [3.05, 3.63) is 33.8 Å². The van der Waals surface area contributed by atoms with E-state index in [1.807, 2.05) is 13.0 Å². The quantitative estimate of drug-likeness (QED) is 0.888. The standard InChI is InChI=1S/C15H18BrNO3/c1-9-8-10(6-7-12(9)16)14(18)17-13-5-3-2-4-11(13)15(19)20/h6-8,11,13H,2-5H2,1H3,(H,17,18)(H,19,20). The van der Waals surface area contributed by atoms with Crippen molar-refractivity contribution >= 4 is 27.8 Å². The second-order valence-electron chi connectivity index (χ2n) is 5.27. The van der Waals surface area contributed by atoms with Crippen LogP contribution in [-0.4, -0.2) is 23.0 Å². The van der Waals surface area contributed by atoms with Gasteiger partial charge in [0.25, 0.3) is 5.91 Å². The van der Waals surface area contributed by atoms with Gasteiger partial charge in [-0.3, -0.25) is 9.59 Å². The second kappa shape index (κ2) is 6.39. The van der Waals surface area contributed by atoms with Gasteiger partial charge in [-0.2, -0.15) is 0 Å². The van der Waals surface area contributed by atoms with E-state index in [0.717, 1.165) is 29.3 Å². The Kier molecular flexibility index (Phi) is 4.81.